The van der Waals surface area contributed by atoms with E-state index < -0.39 is 10.0 Å². The van der Waals surface area contributed by atoms with Gasteiger partial charge in [0.25, 0.3) is 0 Å². The van der Waals surface area contributed by atoms with Crippen LogP contribution in [0.15, 0.2) is 47.4 Å². The molecule has 0 bridgehead atoms. The predicted molar refractivity (Wildman–Crippen MR) is 116 cm³/mol. The number of nitrogens with one attached hydrogen (secondary N) is 2. The van der Waals surface area contributed by atoms with E-state index >= 15 is 0 Å². The van der Waals surface area contributed by atoms with Gasteiger partial charge >= 0.3 is 0 Å². The molecule has 0 aliphatic carbocycles. The van der Waals surface area contributed by atoms with Crippen molar-refractivity contribution in [3.8, 4) is 5.75 Å². The molecule has 0 spiro atoms. The number of nitrogens with zero attached hydrogens (tertiary/aromatic N) is 1. The van der Waals surface area contributed by atoms with Gasteiger partial charge in [0.2, 0.25) is 15.9 Å². The molecule has 2 N–H and O–H groups in total. The van der Waals surface area contributed by atoms with E-state index in [1.165, 1.54) is 9.87 Å². The van der Waals surface area contributed by atoms with Gasteiger partial charge in [-0.2, -0.15) is 4.31 Å². The molecule has 1 saturated heterocycles. The zero-order chi connectivity index (χ0) is 21.1. The number of rotatable bonds is 6. The molecular formula is C22H27N3O4S. The van der Waals surface area contributed by atoms with Crippen LogP contribution in [-0.4, -0.2) is 44.4 Å². The van der Waals surface area contributed by atoms with Crippen LogP contribution in [0.1, 0.15) is 31.7 Å². The van der Waals surface area contributed by atoms with E-state index in [0.29, 0.717) is 31.1 Å². The SMILES string of the molecule is CCc1ccc(NC(=O)C[C@H]2COc3cc(S(=O)(=O)N4CCCC4)ccc3N2)cc1. The molecule has 7 nitrogen and oxygen atoms in total. The molecule has 2 aromatic rings. The second kappa shape index (κ2) is 8.65. The minimum atomic E-state index is -3.48. The molecule has 0 unspecified atom stereocenters. The number of carbonyl (C=O) groups is 1. The summed E-state index contributed by atoms with van der Waals surface area (Å²) in [6.45, 7) is 3.52. The van der Waals surface area contributed by atoms with Crippen molar-refractivity contribution >= 4 is 27.3 Å². The van der Waals surface area contributed by atoms with Gasteiger partial charge in [-0.3, -0.25) is 4.79 Å². The molecule has 2 aromatic carbocycles. The monoisotopic (exact) mass is 429 g/mol. The standard InChI is InChI=1S/C22H27N3O4S/c1-2-16-5-7-17(8-6-16)24-22(26)13-18-15-29-21-14-19(9-10-20(21)23-18)30(27,28)25-11-3-4-12-25/h5-10,14,18,23H,2-4,11-13,15H2,1H3,(H,24,26)/t18-/m0/s1. The molecule has 2 heterocycles. The lowest BCUT2D eigenvalue weighted by Crippen LogP contribution is -2.35. The fourth-order valence-corrected chi connectivity index (χ4v) is 5.33. The van der Waals surface area contributed by atoms with Gasteiger partial charge in [0, 0.05) is 24.8 Å². The first-order valence-corrected chi connectivity index (χ1v) is 11.8. The van der Waals surface area contributed by atoms with E-state index in [4.69, 9.17) is 4.74 Å². The Labute approximate surface area is 177 Å². The number of aryl methyl sites for hydroxylation is 1. The van der Waals surface area contributed by atoms with Gasteiger partial charge in [-0.05, 0) is 49.1 Å². The Bertz CT molecular complexity index is 1020. The van der Waals surface area contributed by atoms with Crippen molar-refractivity contribution in [3.05, 3.63) is 48.0 Å². The fraction of sp³-hybridized carbons (Fsp3) is 0.409. The minimum absolute atomic E-state index is 0.1000. The summed E-state index contributed by atoms with van der Waals surface area (Å²) in [7, 11) is -3.48. The molecule has 4 rings (SSSR count). The number of hydrogen-bond donors (Lipinski definition) is 2. The van der Waals surface area contributed by atoms with Crippen molar-refractivity contribution in [2.45, 2.75) is 43.5 Å². The number of benzene rings is 2. The van der Waals surface area contributed by atoms with Gasteiger partial charge in [0.1, 0.15) is 12.4 Å². The highest BCUT2D eigenvalue weighted by Gasteiger charge is 2.29. The van der Waals surface area contributed by atoms with Gasteiger partial charge in [-0.25, -0.2) is 8.42 Å². The third kappa shape index (κ3) is 4.44. The van der Waals surface area contributed by atoms with Crippen molar-refractivity contribution in [1.29, 1.82) is 0 Å². The van der Waals surface area contributed by atoms with Crippen LogP contribution in [0.4, 0.5) is 11.4 Å². The maximum atomic E-state index is 12.7. The Morgan fingerprint density at radius 3 is 2.60 bits per heavy atom. The molecule has 1 amide bonds. The zero-order valence-corrected chi connectivity index (χ0v) is 17.9. The first-order valence-electron chi connectivity index (χ1n) is 10.4. The summed E-state index contributed by atoms with van der Waals surface area (Å²) in [5.74, 6) is 0.402. The predicted octanol–water partition coefficient (Wildman–Crippen LogP) is 3.24. The van der Waals surface area contributed by atoms with Crippen LogP contribution >= 0.6 is 0 Å². The Morgan fingerprint density at radius 2 is 1.90 bits per heavy atom. The third-order valence-electron chi connectivity index (χ3n) is 5.53. The van der Waals surface area contributed by atoms with Crippen LogP contribution in [0, 0.1) is 0 Å². The van der Waals surface area contributed by atoms with E-state index in [1.54, 1.807) is 18.2 Å². The lowest BCUT2D eigenvalue weighted by molar-refractivity contribution is -0.116. The Hall–Kier alpha value is -2.58. The molecule has 0 aromatic heterocycles. The maximum absolute atomic E-state index is 12.7. The minimum Gasteiger partial charge on any atom is -0.489 e. The average molecular weight is 430 g/mol. The third-order valence-corrected chi connectivity index (χ3v) is 7.43. The van der Waals surface area contributed by atoms with Crippen molar-refractivity contribution in [2.24, 2.45) is 0 Å². The average Bonchev–Trinajstić information content (AvgIpc) is 3.29. The van der Waals surface area contributed by atoms with Crippen LogP contribution in [0.25, 0.3) is 0 Å². The van der Waals surface area contributed by atoms with Crippen molar-refractivity contribution < 1.29 is 17.9 Å². The van der Waals surface area contributed by atoms with E-state index in [2.05, 4.69) is 17.6 Å². The number of sulfonamides is 1. The van der Waals surface area contributed by atoms with E-state index in [0.717, 1.165) is 24.9 Å². The summed E-state index contributed by atoms with van der Waals surface area (Å²) >= 11 is 0. The number of hydrogen-bond acceptors (Lipinski definition) is 5. The van der Waals surface area contributed by atoms with Crippen molar-refractivity contribution in [3.63, 3.8) is 0 Å². The Morgan fingerprint density at radius 1 is 1.17 bits per heavy atom. The summed E-state index contributed by atoms with van der Waals surface area (Å²) < 4.78 is 32.8. The summed E-state index contributed by atoms with van der Waals surface area (Å²) in [6.07, 6.45) is 3.00. The molecule has 30 heavy (non-hydrogen) atoms. The molecule has 0 radical (unpaired) electrons. The van der Waals surface area contributed by atoms with Gasteiger partial charge in [0.15, 0.2) is 0 Å². The van der Waals surface area contributed by atoms with Gasteiger partial charge in [-0.15, -0.1) is 0 Å². The molecular weight excluding hydrogens is 402 g/mol. The largest absolute Gasteiger partial charge is 0.489 e. The topological polar surface area (TPSA) is 87.7 Å². The van der Waals surface area contributed by atoms with Crippen LogP contribution < -0.4 is 15.4 Å². The van der Waals surface area contributed by atoms with Crippen molar-refractivity contribution in [1.82, 2.24) is 4.31 Å². The van der Waals surface area contributed by atoms with Crippen molar-refractivity contribution in [2.75, 3.05) is 30.3 Å². The second-order valence-electron chi connectivity index (χ2n) is 7.72. The van der Waals surface area contributed by atoms with Crippen LogP contribution in [0.2, 0.25) is 0 Å². The highest BCUT2D eigenvalue weighted by atomic mass is 32.2. The lowest BCUT2D eigenvalue weighted by Gasteiger charge is -2.28. The smallest absolute Gasteiger partial charge is 0.243 e. The number of anilines is 2. The van der Waals surface area contributed by atoms with Gasteiger partial charge < -0.3 is 15.4 Å². The number of amides is 1. The summed E-state index contributed by atoms with van der Waals surface area (Å²) in [5.41, 5.74) is 2.69. The number of fused-ring (bicyclic) bond motifs is 1. The van der Waals surface area contributed by atoms with E-state index in [1.807, 2.05) is 24.3 Å². The summed E-state index contributed by atoms with van der Waals surface area (Å²) in [5, 5.41) is 6.19. The van der Waals surface area contributed by atoms with E-state index in [-0.39, 0.29) is 23.3 Å². The lowest BCUT2D eigenvalue weighted by atomic mass is 10.1. The highest BCUT2D eigenvalue weighted by Crippen LogP contribution is 2.33. The Balaban J connectivity index is 1.38. The zero-order valence-electron chi connectivity index (χ0n) is 17.1. The molecule has 0 saturated carbocycles. The molecule has 1 fully saturated rings. The van der Waals surface area contributed by atoms with Gasteiger partial charge in [-0.1, -0.05) is 19.1 Å². The molecule has 8 heteroatoms. The Kier molecular flexibility index (Phi) is 5.97. The normalized spacial score (nSPS) is 18.9. The van der Waals surface area contributed by atoms with Gasteiger partial charge in [0.05, 0.1) is 23.0 Å². The summed E-state index contributed by atoms with van der Waals surface area (Å²) in [6, 6.07) is 12.5. The van der Waals surface area contributed by atoms with E-state index in [9.17, 15) is 13.2 Å². The fourth-order valence-electron chi connectivity index (χ4n) is 3.80. The quantitative estimate of drug-likeness (QED) is 0.736. The molecule has 2 aliphatic heterocycles. The first kappa shape index (κ1) is 20.7. The first-order chi connectivity index (χ1) is 14.5. The molecule has 160 valence electrons. The second-order valence-corrected chi connectivity index (χ2v) is 9.66. The molecule has 2 aliphatic rings. The van der Waals surface area contributed by atoms with Crippen LogP contribution in [0.5, 0.6) is 5.75 Å². The molecule has 1 atom stereocenters. The van der Waals surface area contributed by atoms with Crippen LogP contribution in [-0.2, 0) is 21.2 Å². The number of ether oxygens (including phenoxy) is 1. The van der Waals surface area contributed by atoms with Crippen LogP contribution in [0.3, 0.4) is 0 Å². The maximum Gasteiger partial charge on any atom is 0.243 e. The summed E-state index contributed by atoms with van der Waals surface area (Å²) in [4.78, 5) is 12.6. The number of carbonyl (C=O) groups excluding carboxylic acids is 1. The highest BCUT2D eigenvalue weighted by molar-refractivity contribution is 7.89.